The predicted molar refractivity (Wildman–Crippen MR) is 64.6 cm³/mol. The highest BCUT2D eigenvalue weighted by atomic mass is 16.6. The highest BCUT2D eigenvalue weighted by Crippen LogP contribution is 2.11. The summed E-state index contributed by atoms with van der Waals surface area (Å²) in [5.41, 5.74) is 5.41. The summed E-state index contributed by atoms with van der Waals surface area (Å²) < 4.78 is 4.95. The van der Waals surface area contributed by atoms with E-state index in [9.17, 15) is 4.79 Å². The molecule has 0 spiro atoms. The molecule has 1 aromatic heterocycles. The molecule has 0 radical (unpaired) electrons. The molecule has 0 unspecified atom stereocenters. The van der Waals surface area contributed by atoms with E-state index in [0.717, 1.165) is 13.0 Å². The van der Waals surface area contributed by atoms with E-state index >= 15 is 0 Å². The molecule has 0 bridgehead atoms. The van der Waals surface area contributed by atoms with Gasteiger partial charge in [0.05, 0.1) is 13.2 Å². The fourth-order valence-corrected chi connectivity index (χ4v) is 1.94. The Balaban J connectivity index is 1.74. The van der Waals surface area contributed by atoms with Crippen molar-refractivity contribution in [2.75, 3.05) is 25.4 Å². The van der Waals surface area contributed by atoms with Crippen LogP contribution in [-0.4, -0.2) is 51.9 Å². The van der Waals surface area contributed by atoms with Crippen LogP contribution in [0.25, 0.3) is 0 Å². The highest BCUT2D eigenvalue weighted by molar-refractivity contribution is 5.68. The number of hydrogen-bond donors (Lipinski definition) is 3. The van der Waals surface area contributed by atoms with E-state index in [0.29, 0.717) is 25.5 Å². The van der Waals surface area contributed by atoms with E-state index in [-0.39, 0.29) is 18.1 Å². The summed E-state index contributed by atoms with van der Waals surface area (Å²) in [5.74, 6) is 0.938. The van der Waals surface area contributed by atoms with Crippen LogP contribution >= 0.6 is 0 Å². The fourth-order valence-electron chi connectivity index (χ4n) is 1.94. The van der Waals surface area contributed by atoms with Crippen molar-refractivity contribution in [3.8, 4) is 0 Å². The first-order valence-corrected chi connectivity index (χ1v) is 6.01. The van der Waals surface area contributed by atoms with Crippen molar-refractivity contribution in [3.05, 3.63) is 5.82 Å². The van der Waals surface area contributed by atoms with Crippen LogP contribution in [0.15, 0.2) is 0 Å². The number of amides is 1. The first-order chi connectivity index (χ1) is 8.69. The van der Waals surface area contributed by atoms with E-state index in [4.69, 9.17) is 10.5 Å². The molecule has 1 atom stereocenters. The molecular formula is C10H18N6O2. The lowest BCUT2D eigenvalue weighted by Gasteiger charge is -2.15. The quantitative estimate of drug-likeness (QED) is 0.681. The summed E-state index contributed by atoms with van der Waals surface area (Å²) in [5, 5.41) is 9.78. The molecule has 100 valence electrons. The van der Waals surface area contributed by atoms with E-state index in [2.05, 4.69) is 20.5 Å². The van der Waals surface area contributed by atoms with E-state index < -0.39 is 0 Å². The van der Waals surface area contributed by atoms with Gasteiger partial charge in [-0.1, -0.05) is 0 Å². The molecule has 0 aromatic carbocycles. The maximum atomic E-state index is 11.5. The molecular weight excluding hydrogens is 236 g/mol. The molecule has 1 aliphatic heterocycles. The lowest BCUT2D eigenvalue weighted by molar-refractivity contribution is 0.115. The minimum atomic E-state index is -0.245. The van der Waals surface area contributed by atoms with Crippen LogP contribution in [0.4, 0.5) is 10.7 Å². The Bertz CT molecular complexity index is 407. The van der Waals surface area contributed by atoms with E-state index in [1.54, 1.807) is 11.8 Å². The van der Waals surface area contributed by atoms with Crippen molar-refractivity contribution in [2.24, 2.45) is 0 Å². The molecule has 2 rings (SSSR count). The summed E-state index contributed by atoms with van der Waals surface area (Å²) in [6.45, 7) is 4.14. The summed E-state index contributed by atoms with van der Waals surface area (Å²) in [6.07, 6.45) is 0.660. The number of carbonyl (C=O) groups is 1. The number of likely N-dealkylation sites (tertiary alicyclic amines) is 1. The zero-order chi connectivity index (χ0) is 13.0. The van der Waals surface area contributed by atoms with Crippen molar-refractivity contribution in [2.45, 2.75) is 25.9 Å². The molecule has 8 nitrogen and oxygen atoms in total. The minimum Gasteiger partial charge on any atom is -0.450 e. The van der Waals surface area contributed by atoms with Crippen LogP contribution in [0.2, 0.25) is 0 Å². The lowest BCUT2D eigenvalue weighted by atomic mass is 10.2. The maximum Gasteiger partial charge on any atom is 0.409 e. The van der Waals surface area contributed by atoms with Crippen LogP contribution in [-0.2, 0) is 11.3 Å². The second kappa shape index (κ2) is 5.67. The van der Waals surface area contributed by atoms with E-state index in [1.165, 1.54) is 0 Å². The Morgan fingerprint density at radius 2 is 2.56 bits per heavy atom. The van der Waals surface area contributed by atoms with Gasteiger partial charge in [-0.3, -0.25) is 5.10 Å². The second-order valence-corrected chi connectivity index (χ2v) is 4.15. The molecule has 18 heavy (non-hydrogen) atoms. The van der Waals surface area contributed by atoms with Crippen LogP contribution in [0.5, 0.6) is 0 Å². The van der Waals surface area contributed by atoms with Gasteiger partial charge in [-0.15, -0.1) is 5.10 Å². The van der Waals surface area contributed by atoms with Gasteiger partial charge in [0.2, 0.25) is 5.95 Å². The van der Waals surface area contributed by atoms with Gasteiger partial charge in [0, 0.05) is 19.1 Å². The highest BCUT2D eigenvalue weighted by Gasteiger charge is 2.26. The van der Waals surface area contributed by atoms with Crippen molar-refractivity contribution < 1.29 is 9.53 Å². The molecule has 1 aliphatic rings. The van der Waals surface area contributed by atoms with Crippen molar-refractivity contribution in [1.29, 1.82) is 0 Å². The number of hydrogen-bond acceptors (Lipinski definition) is 6. The van der Waals surface area contributed by atoms with Gasteiger partial charge in [0.1, 0.15) is 5.82 Å². The molecule has 4 N–H and O–H groups in total. The molecule has 1 fully saturated rings. The van der Waals surface area contributed by atoms with Gasteiger partial charge in [0.25, 0.3) is 0 Å². The average molecular weight is 254 g/mol. The van der Waals surface area contributed by atoms with Gasteiger partial charge in [-0.05, 0) is 13.3 Å². The standard InChI is InChI=1S/C10H18N6O2/c1-2-18-10(17)16-4-3-7(6-16)12-5-8-13-9(11)15-14-8/h7,12H,2-6H2,1H3,(H3,11,13,14,15)/t7-/m1/s1. The maximum absolute atomic E-state index is 11.5. The van der Waals surface area contributed by atoms with Crippen LogP contribution in [0.3, 0.4) is 0 Å². The fraction of sp³-hybridized carbons (Fsp3) is 0.700. The van der Waals surface area contributed by atoms with Crippen molar-refractivity contribution >= 4 is 12.0 Å². The Kier molecular flexibility index (Phi) is 3.98. The zero-order valence-electron chi connectivity index (χ0n) is 10.3. The Labute approximate surface area is 105 Å². The molecule has 1 aromatic rings. The Morgan fingerprint density at radius 3 is 3.22 bits per heavy atom. The first-order valence-electron chi connectivity index (χ1n) is 6.01. The summed E-state index contributed by atoms with van der Waals surface area (Å²) >= 11 is 0. The van der Waals surface area contributed by atoms with Gasteiger partial charge in [-0.2, -0.15) is 4.98 Å². The number of carbonyl (C=O) groups excluding carboxylic acids is 1. The van der Waals surface area contributed by atoms with Crippen molar-refractivity contribution in [1.82, 2.24) is 25.4 Å². The lowest BCUT2D eigenvalue weighted by Crippen LogP contribution is -2.35. The number of ether oxygens (including phenoxy) is 1. The first kappa shape index (κ1) is 12.6. The van der Waals surface area contributed by atoms with Crippen LogP contribution in [0, 0.1) is 0 Å². The Hall–Kier alpha value is -1.83. The molecule has 2 heterocycles. The molecule has 8 heteroatoms. The predicted octanol–water partition coefficient (Wildman–Crippen LogP) is -0.293. The topological polar surface area (TPSA) is 109 Å². The van der Waals surface area contributed by atoms with Gasteiger partial charge >= 0.3 is 6.09 Å². The summed E-state index contributed by atoms with van der Waals surface area (Å²) in [4.78, 5) is 17.2. The number of rotatable bonds is 4. The molecule has 0 saturated carbocycles. The number of nitrogens with two attached hydrogens (primary N) is 1. The number of nitrogens with zero attached hydrogens (tertiary/aromatic N) is 3. The van der Waals surface area contributed by atoms with Gasteiger partial charge in [0.15, 0.2) is 0 Å². The number of aromatic nitrogens is 3. The normalized spacial score (nSPS) is 19.2. The molecule has 1 saturated heterocycles. The monoisotopic (exact) mass is 254 g/mol. The SMILES string of the molecule is CCOC(=O)N1CC[C@@H](NCc2nc(N)n[nH]2)C1. The molecule has 1 amide bonds. The van der Waals surface area contributed by atoms with Crippen molar-refractivity contribution in [3.63, 3.8) is 0 Å². The summed E-state index contributed by atoms with van der Waals surface area (Å²) in [7, 11) is 0. The molecule has 0 aliphatic carbocycles. The minimum absolute atomic E-state index is 0.242. The number of nitrogens with one attached hydrogen (secondary N) is 2. The largest absolute Gasteiger partial charge is 0.450 e. The number of anilines is 1. The average Bonchev–Trinajstić information content (AvgIpc) is 2.95. The smallest absolute Gasteiger partial charge is 0.409 e. The third-order valence-corrected chi connectivity index (χ3v) is 2.82. The van der Waals surface area contributed by atoms with Gasteiger partial charge < -0.3 is 20.7 Å². The third kappa shape index (κ3) is 3.10. The van der Waals surface area contributed by atoms with Gasteiger partial charge in [-0.25, -0.2) is 4.79 Å². The van der Waals surface area contributed by atoms with Crippen LogP contribution in [0.1, 0.15) is 19.2 Å². The van der Waals surface area contributed by atoms with E-state index in [1.807, 2.05) is 0 Å². The number of nitrogen functional groups attached to an aromatic ring is 1. The number of aromatic amines is 1. The van der Waals surface area contributed by atoms with Crippen LogP contribution < -0.4 is 11.1 Å². The zero-order valence-corrected chi connectivity index (χ0v) is 10.3. The Morgan fingerprint density at radius 1 is 1.72 bits per heavy atom. The number of H-pyrrole nitrogens is 1. The second-order valence-electron chi connectivity index (χ2n) is 4.15. The summed E-state index contributed by atoms with van der Waals surface area (Å²) in [6, 6.07) is 0.251. The third-order valence-electron chi connectivity index (χ3n) is 2.82.